The van der Waals surface area contributed by atoms with E-state index in [1.165, 1.54) is 6.07 Å². The number of aromatic amines is 1. The number of halogens is 1. The molecule has 0 radical (unpaired) electrons. The van der Waals surface area contributed by atoms with Gasteiger partial charge in [0.2, 0.25) is 0 Å². The highest BCUT2D eigenvalue weighted by atomic mass is 19.1. The molecule has 0 saturated carbocycles. The average molecular weight is 253 g/mol. The van der Waals surface area contributed by atoms with Gasteiger partial charge in [0.05, 0.1) is 5.69 Å². The standard InChI is InChI=1S/C15H12FN3/c1-10-14(13-8-4-5-9-17-13)15(19-18-10)11-6-2-3-7-12(11)16/h2-9H,1H3,(H,18,19). The number of rotatable bonds is 2. The van der Waals surface area contributed by atoms with Crippen LogP contribution in [0.1, 0.15) is 5.69 Å². The first-order valence-electron chi connectivity index (χ1n) is 5.98. The van der Waals surface area contributed by atoms with Crippen molar-refractivity contribution in [2.24, 2.45) is 0 Å². The lowest BCUT2D eigenvalue weighted by Crippen LogP contribution is -1.89. The van der Waals surface area contributed by atoms with Crippen LogP contribution in [0.2, 0.25) is 0 Å². The molecule has 3 aromatic rings. The van der Waals surface area contributed by atoms with E-state index >= 15 is 0 Å². The Kier molecular flexibility index (Phi) is 2.83. The van der Waals surface area contributed by atoms with Crippen LogP contribution in [0.15, 0.2) is 48.7 Å². The van der Waals surface area contributed by atoms with Gasteiger partial charge < -0.3 is 0 Å². The molecule has 0 aliphatic heterocycles. The van der Waals surface area contributed by atoms with Crippen molar-refractivity contribution in [1.29, 1.82) is 0 Å². The van der Waals surface area contributed by atoms with Gasteiger partial charge in [-0.05, 0) is 31.2 Å². The topological polar surface area (TPSA) is 41.6 Å². The zero-order valence-corrected chi connectivity index (χ0v) is 10.4. The summed E-state index contributed by atoms with van der Waals surface area (Å²) < 4.78 is 13.9. The molecular weight excluding hydrogens is 241 g/mol. The van der Waals surface area contributed by atoms with Gasteiger partial charge in [0.15, 0.2) is 0 Å². The number of H-pyrrole nitrogens is 1. The summed E-state index contributed by atoms with van der Waals surface area (Å²) in [5, 5.41) is 7.12. The predicted octanol–water partition coefficient (Wildman–Crippen LogP) is 3.59. The minimum atomic E-state index is -0.286. The van der Waals surface area contributed by atoms with Crippen LogP contribution in [0.5, 0.6) is 0 Å². The zero-order valence-electron chi connectivity index (χ0n) is 10.4. The fourth-order valence-corrected chi connectivity index (χ4v) is 2.10. The SMILES string of the molecule is Cc1[nH]nc(-c2ccccc2F)c1-c1ccccn1. The van der Waals surface area contributed by atoms with Crippen molar-refractivity contribution >= 4 is 0 Å². The van der Waals surface area contributed by atoms with Crippen LogP contribution in [0.4, 0.5) is 4.39 Å². The molecule has 0 aliphatic rings. The average Bonchev–Trinajstić information content (AvgIpc) is 2.82. The molecule has 2 aromatic heterocycles. The van der Waals surface area contributed by atoms with Crippen molar-refractivity contribution in [2.45, 2.75) is 6.92 Å². The molecule has 4 heteroatoms. The minimum absolute atomic E-state index is 0.286. The molecule has 0 atom stereocenters. The number of nitrogens with one attached hydrogen (secondary N) is 1. The Morgan fingerprint density at radius 2 is 1.84 bits per heavy atom. The Labute approximate surface area is 110 Å². The molecule has 19 heavy (non-hydrogen) atoms. The maximum absolute atomic E-state index is 13.9. The van der Waals surface area contributed by atoms with Gasteiger partial charge in [0.1, 0.15) is 11.5 Å². The summed E-state index contributed by atoms with van der Waals surface area (Å²) in [6.07, 6.45) is 1.72. The van der Waals surface area contributed by atoms with E-state index in [4.69, 9.17) is 0 Å². The van der Waals surface area contributed by atoms with Crippen molar-refractivity contribution in [3.63, 3.8) is 0 Å². The molecule has 0 fully saturated rings. The lowest BCUT2D eigenvalue weighted by molar-refractivity contribution is 0.630. The summed E-state index contributed by atoms with van der Waals surface area (Å²) in [5.74, 6) is -0.286. The normalized spacial score (nSPS) is 10.6. The zero-order chi connectivity index (χ0) is 13.2. The Bertz CT molecular complexity index is 704. The highest BCUT2D eigenvalue weighted by Gasteiger charge is 2.17. The second-order valence-electron chi connectivity index (χ2n) is 4.27. The van der Waals surface area contributed by atoms with E-state index in [0.29, 0.717) is 11.3 Å². The molecule has 3 nitrogen and oxygen atoms in total. The number of pyridine rings is 1. The first-order valence-corrected chi connectivity index (χ1v) is 5.98. The van der Waals surface area contributed by atoms with Crippen LogP contribution in [-0.4, -0.2) is 15.2 Å². The summed E-state index contributed by atoms with van der Waals surface area (Å²) in [6.45, 7) is 1.90. The van der Waals surface area contributed by atoms with Gasteiger partial charge in [-0.25, -0.2) is 4.39 Å². The molecule has 0 unspecified atom stereocenters. The molecule has 0 aliphatic carbocycles. The molecule has 94 valence electrons. The summed E-state index contributed by atoms with van der Waals surface area (Å²) >= 11 is 0. The largest absolute Gasteiger partial charge is 0.282 e. The lowest BCUT2D eigenvalue weighted by atomic mass is 10.0. The van der Waals surface area contributed by atoms with Gasteiger partial charge in [-0.15, -0.1) is 0 Å². The smallest absolute Gasteiger partial charge is 0.132 e. The van der Waals surface area contributed by atoms with E-state index in [1.54, 1.807) is 24.4 Å². The van der Waals surface area contributed by atoms with Crippen LogP contribution in [0.25, 0.3) is 22.5 Å². The fraction of sp³-hybridized carbons (Fsp3) is 0.0667. The van der Waals surface area contributed by atoms with Crippen LogP contribution in [0, 0.1) is 12.7 Å². The molecule has 1 N–H and O–H groups in total. The van der Waals surface area contributed by atoms with E-state index in [1.807, 2.05) is 25.1 Å². The van der Waals surface area contributed by atoms with Crippen LogP contribution in [0.3, 0.4) is 0 Å². The van der Waals surface area contributed by atoms with Crippen LogP contribution in [-0.2, 0) is 0 Å². The van der Waals surface area contributed by atoms with Gasteiger partial charge in [-0.3, -0.25) is 10.1 Å². The summed E-state index contributed by atoms with van der Waals surface area (Å²) in [7, 11) is 0. The van der Waals surface area contributed by atoms with E-state index in [-0.39, 0.29) is 5.82 Å². The monoisotopic (exact) mass is 253 g/mol. The predicted molar refractivity (Wildman–Crippen MR) is 71.9 cm³/mol. The summed E-state index contributed by atoms with van der Waals surface area (Å²) in [6, 6.07) is 12.3. The van der Waals surface area contributed by atoms with Crippen molar-refractivity contribution in [1.82, 2.24) is 15.2 Å². The Morgan fingerprint density at radius 1 is 1.05 bits per heavy atom. The number of benzene rings is 1. The molecular formula is C15H12FN3. The van der Waals surface area contributed by atoms with E-state index < -0.39 is 0 Å². The van der Waals surface area contributed by atoms with Crippen molar-refractivity contribution in [2.75, 3.05) is 0 Å². The highest BCUT2D eigenvalue weighted by Crippen LogP contribution is 2.32. The van der Waals surface area contributed by atoms with E-state index in [2.05, 4.69) is 15.2 Å². The summed E-state index contributed by atoms with van der Waals surface area (Å²) in [4.78, 5) is 4.32. The van der Waals surface area contributed by atoms with Crippen LogP contribution >= 0.6 is 0 Å². The van der Waals surface area contributed by atoms with Crippen LogP contribution < -0.4 is 0 Å². The van der Waals surface area contributed by atoms with Gasteiger partial charge in [-0.2, -0.15) is 5.10 Å². The summed E-state index contributed by atoms with van der Waals surface area (Å²) in [5.41, 5.74) is 3.57. The fourth-order valence-electron chi connectivity index (χ4n) is 2.10. The molecule has 0 spiro atoms. The number of aryl methyl sites for hydroxylation is 1. The maximum atomic E-state index is 13.9. The highest BCUT2D eigenvalue weighted by molar-refractivity contribution is 5.80. The number of nitrogens with zero attached hydrogens (tertiary/aromatic N) is 2. The molecule has 0 amide bonds. The van der Waals surface area contributed by atoms with E-state index in [9.17, 15) is 4.39 Å². The Hall–Kier alpha value is -2.49. The first kappa shape index (κ1) is 11.6. The van der Waals surface area contributed by atoms with Gasteiger partial charge in [0.25, 0.3) is 0 Å². The van der Waals surface area contributed by atoms with Gasteiger partial charge in [0, 0.05) is 23.0 Å². The number of hydrogen-bond acceptors (Lipinski definition) is 2. The van der Waals surface area contributed by atoms with Gasteiger partial charge >= 0.3 is 0 Å². The number of aromatic nitrogens is 3. The van der Waals surface area contributed by atoms with Gasteiger partial charge in [-0.1, -0.05) is 18.2 Å². The quantitative estimate of drug-likeness (QED) is 0.758. The third-order valence-electron chi connectivity index (χ3n) is 3.00. The minimum Gasteiger partial charge on any atom is -0.282 e. The Morgan fingerprint density at radius 3 is 2.58 bits per heavy atom. The van der Waals surface area contributed by atoms with Crippen molar-refractivity contribution < 1.29 is 4.39 Å². The second kappa shape index (κ2) is 4.65. The second-order valence-corrected chi connectivity index (χ2v) is 4.27. The number of hydrogen-bond donors (Lipinski definition) is 1. The molecule has 0 bridgehead atoms. The first-order chi connectivity index (χ1) is 9.27. The van der Waals surface area contributed by atoms with Crippen molar-refractivity contribution in [3.8, 4) is 22.5 Å². The molecule has 1 aromatic carbocycles. The lowest BCUT2D eigenvalue weighted by Gasteiger charge is -2.04. The molecule has 3 rings (SSSR count). The van der Waals surface area contributed by atoms with E-state index in [0.717, 1.165) is 17.0 Å². The Balaban J connectivity index is 2.23. The molecule has 0 saturated heterocycles. The third kappa shape index (κ3) is 2.01. The maximum Gasteiger partial charge on any atom is 0.132 e. The molecule has 2 heterocycles. The van der Waals surface area contributed by atoms with Crippen molar-refractivity contribution in [3.05, 3.63) is 60.2 Å². The third-order valence-corrected chi connectivity index (χ3v) is 3.00.